The van der Waals surface area contributed by atoms with E-state index in [0.29, 0.717) is 22.1 Å². The molecular weight excluding hydrogens is 326 g/mol. The molecule has 2 aromatic rings. The van der Waals surface area contributed by atoms with E-state index >= 15 is 0 Å². The average Bonchev–Trinajstić information content (AvgIpc) is 2.76. The van der Waals surface area contributed by atoms with E-state index in [1.54, 1.807) is 12.1 Å². The number of nitrogens with zero attached hydrogens (tertiary/aromatic N) is 1. The minimum atomic E-state index is -3.52. The predicted octanol–water partition coefficient (Wildman–Crippen LogP) is 3.51. The second-order valence-electron chi connectivity index (χ2n) is 3.82. The Kier molecular flexibility index (Phi) is 3.98. The highest BCUT2D eigenvalue weighted by Crippen LogP contribution is 2.41. The van der Waals surface area contributed by atoms with Crippen molar-refractivity contribution < 1.29 is 18.1 Å². The Morgan fingerprint density at radius 3 is 2.40 bits per heavy atom. The maximum absolute atomic E-state index is 11.4. The molecule has 106 valence electrons. The summed E-state index contributed by atoms with van der Waals surface area (Å²) in [5.74, 6) is 0.333. The number of thiophene rings is 1. The van der Waals surface area contributed by atoms with Crippen LogP contribution in [-0.4, -0.2) is 19.6 Å². The number of hydrogen-bond acceptors (Lipinski definition) is 6. The minimum absolute atomic E-state index is 0.0854. The summed E-state index contributed by atoms with van der Waals surface area (Å²) in [6, 6.07) is 7.19. The second kappa shape index (κ2) is 5.39. The van der Waals surface area contributed by atoms with Gasteiger partial charge in [0.15, 0.2) is 9.84 Å². The number of sulfone groups is 1. The van der Waals surface area contributed by atoms with E-state index in [9.17, 15) is 18.5 Å². The van der Waals surface area contributed by atoms with Gasteiger partial charge in [-0.25, -0.2) is 8.42 Å². The summed E-state index contributed by atoms with van der Waals surface area (Å²) >= 11 is 6.43. The normalized spacial score (nSPS) is 11.3. The lowest BCUT2D eigenvalue weighted by Crippen LogP contribution is -1.92. The quantitative estimate of drug-likeness (QED) is 0.631. The molecule has 1 aromatic heterocycles. The van der Waals surface area contributed by atoms with Crippen LogP contribution in [0.25, 0.3) is 0 Å². The van der Waals surface area contributed by atoms with Gasteiger partial charge in [-0.3, -0.25) is 10.1 Å². The third-order valence-electron chi connectivity index (χ3n) is 2.24. The first-order valence-corrected chi connectivity index (χ1v) is 8.27. The Labute approximate surface area is 123 Å². The van der Waals surface area contributed by atoms with E-state index in [1.165, 1.54) is 12.1 Å². The van der Waals surface area contributed by atoms with Gasteiger partial charge in [-0.15, -0.1) is 0 Å². The van der Waals surface area contributed by atoms with E-state index in [2.05, 4.69) is 0 Å². The first-order valence-electron chi connectivity index (χ1n) is 5.19. The fourth-order valence-electron chi connectivity index (χ4n) is 1.34. The molecule has 2 rings (SSSR count). The molecule has 0 atom stereocenters. The molecule has 1 aromatic carbocycles. The van der Waals surface area contributed by atoms with Gasteiger partial charge in [0.1, 0.15) is 9.96 Å². The van der Waals surface area contributed by atoms with Crippen molar-refractivity contribution in [2.75, 3.05) is 6.26 Å². The van der Waals surface area contributed by atoms with E-state index in [-0.39, 0.29) is 15.0 Å². The Hall–Kier alpha value is -1.64. The van der Waals surface area contributed by atoms with Gasteiger partial charge < -0.3 is 4.74 Å². The summed E-state index contributed by atoms with van der Waals surface area (Å²) in [4.78, 5) is 10.2. The number of benzene rings is 1. The summed E-state index contributed by atoms with van der Waals surface area (Å²) in [5.41, 5.74) is -0.384. The summed E-state index contributed by atoms with van der Waals surface area (Å²) < 4.78 is 28.1. The molecule has 0 fully saturated rings. The Bertz CT molecular complexity index is 752. The zero-order chi connectivity index (χ0) is 14.9. The van der Waals surface area contributed by atoms with Crippen molar-refractivity contribution in [1.82, 2.24) is 0 Å². The molecule has 0 amide bonds. The van der Waals surface area contributed by atoms with Crippen molar-refractivity contribution >= 4 is 38.5 Å². The first kappa shape index (κ1) is 14.8. The van der Waals surface area contributed by atoms with Gasteiger partial charge in [0.2, 0.25) is 0 Å². The van der Waals surface area contributed by atoms with Gasteiger partial charge in [0.05, 0.1) is 4.92 Å². The van der Waals surface area contributed by atoms with Crippen LogP contribution < -0.4 is 4.74 Å². The van der Waals surface area contributed by atoms with Crippen molar-refractivity contribution in [3.63, 3.8) is 0 Å². The summed E-state index contributed by atoms with van der Waals surface area (Å²) in [6.45, 7) is 0. The predicted molar refractivity (Wildman–Crippen MR) is 75.6 cm³/mol. The van der Waals surface area contributed by atoms with Crippen LogP contribution in [0.15, 0.2) is 34.5 Å². The summed E-state index contributed by atoms with van der Waals surface area (Å²) in [7, 11) is -3.52. The highest BCUT2D eigenvalue weighted by molar-refractivity contribution is 7.92. The molecule has 0 spiro atoms. The lowest BCUT2D eigenvalue weighted by molar-refractivity contribution is -0.385. The molecule has 0 radical (unpaired) electrons. The molecule has 0 aliphatic rings. The highest BCUT2D eigenvalue weighted by atomic mass is 35.5. The van der Waals surface area contributed by atoms with Crippen molar-refractivity contribution in [2.24, 2.45) is 0 Å². The first-order chi connectivity index (χ1) is 9.27. The van der Waals surface area contributed by atoms with Crippen LogP contribution in [0.3, 0.4) is 0 Å². The number of hydrogen-bond donors (Lipinski definition) is 0. The smallest absolute Gasteiger partial charge is 0.324 e. The third kappa shape index (κ3) is 3.27. The fourth-order valence-corrected chi connectivity index (χ4v) is 3.35. The topological polar surface area (TPSA) is 86.5 Å². The van der Waals surface area contributed by atoms with Crippen LogP contribution in [0.5, 0.6) is 10.8 Å². The molecule has 0 saturated heterocycles. The maximum Gasteiger partial charge on any atom is 0.324 e. The van der Waals surface area contributed by atoms with Gasteiger partial charge in [-0.1, -0.05) is 22.9 Å². The number of rotatable bonds is 4. The molecule has 9 heteroatoms. The second-order valence-corrected chi connectivity index (χ2v) is 7.52. The largest absolute Gasteiger partial charge is 0.440 e. The lowest BCUT2D eigenvalue weighted by Gasteiger charge is -2.02. The van der Waals surface area contributed by atoms with Crippen LogP contribution in [-0.2, 0) is 9.84 Å². The van der Waals surface area contributed by atoms with Crippen LogP contribution in [0, 0.1) is 10.1 Å². The van der Waals surface area contributed by atoms with Gasteiger partial charge in [0, 0.05) is 17.3 Å². The van der Waals surface area contributed by atoms with Crippen LogP contribution in [0.4, 0.5) is 5.69 Å². The Morgan fingerprint density at radius 2 is 1.90 bits per heavy atom. The summed E-state index contributed by atoms with van der Waals surface area (Å²) in [5, 5.41) is 11.3. The molecule has 20 heavy (non-hydrogen) atoms. The van der Waals surface area contributed by atoms with E-state index in [1.807, 2.05) is 0 Å². The van der Waals surface area contributed by atoms with Crippen molar-refractivity contribution in [3.8, 4) is 10.8 Å². The average molecular weight is 334 g/mol. The van der Waals surface area contributed by atoms with E-state index in [0.717, 1.165) is 12.3 Å². The van der Waals surface area contributed by atoms with Gasteiger partial charge in [-0.05, 0) is 24.3 Å². The van der Waals surface area contributed by atoms with Crippen LogP contribution in [0.2, 0.25) is 5.02 Å². The van der Waals surface area contributed by atoms with E-state index in [4.69, 9.17) is 16.3 Å². The summed E-state index contributed by atoms with van der Waals surface area (Å²) in [6.07, 6.45) is 0.981. The lowest BCUT2D eigenvalue weighted by atomic mass is 10.3. The number of halogens is 1. The molecular formula is C11H8ClNO5S2. The third-order valence-corrected chi connectivity index (χ3v) is 5.30. The molecule has 0 bridgehead atoms. The zero-order valence-electron chi connectivity index (χ0n) is 10.1. The molecule has 6 nitrogen and oxygen atoms in total. The molecule has 0 aliphatic carbocycles. The monoisotopic (exact) mass is 333 g/mol. The Morgan fingerprint density at radius 1 is 1.30 bits per heavy atom. The molecule has 0 saturated carbocycles. The standard InChI is InChI=1S/C11H8ClNO5S2/c1-20(16,17)10-6-9(13(14)15)11(19-10)18-8-4-2-7(12)3-5-8/h2-6H,1H3. The Balaban J connectivity index is 2.42. The number of ether oxygens (including phenoxy) is 1. The molecule has 1 heterocycles. The number of nitro groups is 1. The van der Waals surface area contributed by atoms with Gasteiger partial charge in [0.25, 0.3) is 5.06 Å². The van der Waals surface area contributed by atoms with Crippen LogP contribution >= 0.6 is 22.9 Å². The molecule has 0 N–H and O–H groups in total. The molecule has 0 unspecified atom stereocenters. The van der Waals surface area contributed by atoms with Gasteiger partial charge in [-0.2, -0.15) is 0 Å². The zero-order valence-corrected chi connectivity index (χ0v) is 12.5. The van der Waals surface area contributed by atoms with Crippen molar-refractivity contribution in [3.05, 3.63) is 45.5 Å². The highest BCUT2D eigenvalue weighted by Gasteiger charge is 2.25. The SMILES string of the molecule is CS(=O)(=O)c1cc([N+](=O)[O-])c(Oc2ccc(Cl)cc2)s1. The van der Waals surface area contributed by atoms with Crippen molar-refractivity contribution in [2.45, 2.75) is 4.21 Å². The fraction of sp³-hybridized carbons (Fsp3) is 0.0909. The van der Waals surface area contributed by atoms with Gasteiger partial charge >= 0.3 is 5.69 Å². The van der Waals surface area contributed by atoms with E-state index < -0.39 is 14.8 Å². The molecule has 0 aliphatic heterocycles. The van der Waals surface area contributed by atoms with Crippen LogP contribution in [0.1, 0.15) is 0 Å². The van der Waals surface area contributed by atoms with Crippen molar-refractivity contribution in [1.29, 1.82) is 0 Å². The maximum atomic E-state index is 11.4. The minimum Gasteiger partial charge on any atom is -0.440 e.